The second-order valence-corrected chi connectivity index (χ2v) is 14.9. The van der Waals surface area contributed by atoms with Crippen molar-refractivity contribution in [1.29, 1.82) is 0 Å². The van der Waals surface area contributed by atoms with Gasteiger partial charge in [0.05, 0.1) is 0 Å². The van der Waals surface area contributed by atoms with Crippen molar-refractivity contribution in [3.05, 3.63) is 223 Å². The number of para-hydroxylation sites is 1. The molecule has 0 atom stereocenters. The van der Waals surface area contributed by atoms with Gasteiger partial charge in [0.25, 0.3) is 0 Å². The van der Waals surface area contributed by atoms with Gasteiger partial charge in [0.15, 0.2) is 0 Å². The molecular weight excluding hydrogens is 691 g/mol. The minimum absolute atomic E-state index is 0.904. The Balaban J connectivity index is 0.973. The molecule has 1 aliphatic carbocycles. The first kappa shape index (κ1) is 33.0. The predicted octanol–water partition coefficient (Wildman–Crippen LogP) is 15.3. The van der Waals surface area contributed by atoms with Crippen molar-refractivity contribution in [3.8, 4) is 55.6 Å². The summed E-state index contributed by atoms with van der Waals surface area (Å²) in [6.45, 7) is 0. The van der Waals surface area contributed by atoms with E-state index in [0.29, 0.717) is 0 Å². The van der Waals surface area contributed by atoms with Crippen LogP contribution in [0.4, 0.5) is 17.1 Å². The van der Waals surface area contributed by atoms with Crippen molar-refractivity contribution in [3.63, 3.8) is 0 Å². The van der Waals surface area contributed by atoms with Crippen LogP contribution in [0.5, 0.6) is 0 Å². The lowest BCUT2D eigenvalue weighted by Crippen LogP contribution is -2.09. The van der Waals surface area contributed by atoms with Gasteiger partial charge in [-0.2, -0.15) is 0 Å². The lowest BCUT2D eigenvalue weighted by Gasteiger charge is -2.26. The van der Waals surface area contributed by atoms with Crippen LogP contribution in [0.2, 0.25) is 0 Å². The molecule has 268 valence electrons. The molecule has 11 rings (SSSR count). The number of hydrogen-bond acceptors (Lipinski definition) is 2. The van der Waals surface area contributed by atoms with E-state index in [-0.39, 0.29) is 0 Å². The summed E-state index contributed by atoms with van der Waals surface area (Å²) in [5.41, 5.74) is 20.2. The average molecular weight is 728 g/mol. The molecule has 1 heterocycles. The Bertz CT molecular complexity index is 3050. The quantitative estimate of drug-likeness (QED) is 0.163. The van der Waals surface area contributed by atoms with Crippen molar-refractivity contribution in [2.75, 3.05) is 4.90 Å². The van der Waals surface area contributed by atoms with Gasteiger partial charge in [0.2, 0.25) is 0 Å². The van der Waals surface area contributed by atoms with E-state index in [9.17, 15) is 0 Å². The third kappa shape index (κ3) is 5.82. The molecule has 2 heteroatoms. The van der Waals surface area contributed by atoms with Gasteiger partial charge in [0.1, 0.15) is 11.2 Å². The van der Waals surface area contributed by atoms with Gasteiger partial charge >= 0.3 is 0 Å². The molecule has 0 bridgehead atoms. The number of furan rings is 1. The molecule has 0 fully saturated rings. The summed E-state index contributed by atoms with van der Waals surface area (Å²) in [7, 11) is 0. The van der Waals surface area contributed by atoms with Crippen molar-refractivity contribution in [2.24, 2.45) is 0 Å². The van der Waals surface area contributed by atoms with E-state index in [1.165, 1.54) is 61.2 Å². The third-order valence-electron chi connectivity index (χ3n) is 11.5. The maximum atomic E-state index is 6.23. The standard InChI is InChI=1S/C55H37NO/c1-2-10-37(11-3-1)38-20-22-39(23-21-38)40-24-30-45(31-25-40)56(46-32-26-41(27-33-46)48-16-8-13-44-36-43-12-4-5-14-50(43)54(44)48)47-34-28-42(29-35-47)49-17-9-19-53-55(49)51-15-6-7-18-52(51)57-53/h1-35H,36H2. The van der Waals surface area contributed by atoms with Gasteiger partial charge in [-0.15, -0.1) is 0 Å². The molecule has 0 N–H and O–H groups in total. The summed E-state index contributed by atoms with van der Waals surface area (Å²) < 4.78 is 6.23. The van der Waals surface area contributed by atoms with E-state index in [1.54, 1.807) is 0 Å². The maximum Gasteiger partial charge on any atom is 0.136 e. The minimum Gasteiger partial charge on any atom is -0.456 e. The monoisotopic (exact) mass is 727 g/mol. The Kier molecular flexibility index (Phi) is 7.93. The van der Waals surface area contributed by atoms with Gasteiger partial charge in [-0.05, 0) is 122 Å². The number of fused-ring (bicyclic) bond motifs is 6. The molecule has 10 aromatic rings. The van der Waals surface area contributed by atoms with Crippen LogP contribution in [0.25, 0.3) is 77.6 Å². The second-order valence-electron chi connectivity index (χ2n) is 14.9. The minimum atomic E-state index is 0.904. The van der Waals surface area contributed by atoms with E-state index >= 15 is 0 Å². The first-order valence-corrected chi connectivity index (χ1v) is 19.6. The van der Waals surface area contributed by atoms with Gasteiger partial charge in [-0.25, -0.2) is 0 Å². The highest BCUT2D eigenvalue weighted by atomic mass is 16.3. The Hall–Kier alpha value is -7.42. The molecule has 0 saturated carbocycles. The largest absolute Gasteiger partial charge is 0.456 e. The Labute approximate surface area is 332 Å². The zero-order chi connectivity index (χ0) is 37.7. The van der Waals surface area contributed by atoms with Crippen LogP contribution in [0.3, 0.4) is 0 Å². The molecule has 57 heavy (non-hydrogen) atoms. The van der Waals surface area contributed by atoms with Crippen molar-refractivity contribution < 1.29 is 4.42 Å². The Morgan fingerprint density at radius 1 is 0.316 bits per heavy atom. The van der Waals surface area contributed by atoms with Crippen LogP contribution in [0.1, 0.15) is 11.1 Å². The van der Waals surface area contributed by atoms with Crippen LogP contribution in [0, 0.1) is 0 Å². The molecule has 1 aromatic heterocycles. The van der Waals surface area contributed by atoms with E-state index in [0.717, 1.165) is 51.0 Å². The summed E-state index contributed by atoms with van der Waals surface area (Å²) in [6, 6.07) is 76.6. The van der Waals surface area contributed by atoms with Crippen LogP contribution >= 0.6 is 0 Å². The summed E-state index contributed by atoms with van der Waals surface area (Å²) >= 11 is 0. The predicted molar refractivity (Wildman–Crippen MR) is 238 cm³/mol. The van der Waals surface area contributed by atoms with Crippen molar-refractivity contribution in [1.82, 2.24) is 0 Å². The molecule has 0 aliphatic heterocycles. The van der Waals surface area contributed by atoms with Crippen LogP contribution < -0.4 is 4.90 Å². The topological polar surface area (TPSA) is 16.4 Å². The fourth-order valence-corrected chi connectivity index (χ4v) is 8.76. The molecule has 0 radical (unpaired) electrons. The number of hydrogen-bond donors (Lipinski definition) is 0. The van der Waals surface area contributed by atoms with Crippen LogP contribution in [-0.2, 0) is 6.42 Å². The molecule has 0 amide bonds. The smallest absolute Gasteiger partial charge is 0.136 e. The van der Waals surface area contributed by atoms with E-state index in [4.69, 9.17) is 4.42 Å². The summed E-state index contributed by atoms with van der Waals surface area (Å²) in [5.74, 6) is 0. The first-order chi connectivity index (χ1) is 28.2. The van der Waals surface area contributed by atoms with E-state index in [2.05, 4.69) is 205 Å². The van der Waals surface area contributed by atoms with E-state index < -0.39 is 0 Å². The Morgan fingerprint density at radius 3 is 1.46 bits per heavy atom. The lowest BCUT2D eigenvalue weighted by atomic mass is 9.94. The van der Waals surface area contributed by atoms with E-state index in [1.807, 2.05) is 12.1 Å². The number of anilines is 3. The van der Waals surface area contributed by atoms with Gasteiger partial charge < -0.3 is 9.32 Å². The summed E-state index contributed by atoms with van der Waals surface area (Å²) in [6.07, 6.45) is 0.986. The van der Waals surface area contributed by atoms with Crippen LogP contribution in [0.15, 0.2) is 217 Å². The number of nitrogens with zero attached hydrogens (tertiary/aromatic N) is 1. The van der Waals surface area contributed by atoms with Crippen molar-refractivity contribution >= 4 is 39.0 Å². The highest BCUT2D eigenvalue weighted by molar-refractivity contribution is 6.12. The van der Waals surface area contributed by atoms with Crippen LogP contribution in [-0.4, -0.2) is 0 Å². The zero-order valence-corrected chi connectivity index (χ0v) is 31.3. The maximum absolute atomic E-state index is 6.23. The van der Waals surface area contributed by atoms with Gasteiger partial charge in [0, 0.05) is 27.8 Å². The SMILES string of the molecule is c1ccc(-c2ccc(-c3ccc(N(c4ccc(-c5cccc6c5-c5ccccc5C6)cc4)c4ccc(-c5cccc6oc7ccccc7c56)cc4)cc3)cc2)cc1. The zero-order valence-electron chi connectivity index (χ0n) is 31.3. The van der Waals surface area contributed by atoms with Gasteiger partial charge in [-0.3, -0.25) is 0 Å². The molecule has 0 unspecified atom stereocenters. The molecule has 9 aromatic carbocycles. The third-order valence-corrected chi connectivity index (χ3v) is 11.5. The highest BCUT2D eigenvalue weighted by Gasteiger charge is 2.22. The average Bonchev–Trinajstić information content (AvgIpc) is 3.87. The molecule has 0 saturated heterocycles. The fourth-order valence-electron chi connectivity index (χ4n) is 8.76. The Morgan fingerprint density at radius 2 is 0.772 bits per heavy atom. The molecule has 2 nitrogen and oxygen atoms in total. The fraction of sp³-hybridized carbons (Fsp3) is 0.0182. The first-order valence-electron chi connectivity index (χ1n) is 19.6. The highest BCUT2D eigenvalue weighted by Crippen LogP contribution is 2.44. The lowest BCUT2D eigenvalue weighted by molar-refractivity contribution is 0.669. The van der Waals surface area contributed by atoms with Crippen molar-refractivity contribution in [2.45, 2.75) is 6.42 Å². The normalized spacial score (nSPS) is 11.8. The molecular formula is C55H37NO. The van der Waals surface area contributed by atoms with Gasteiger partial charge in [-0.1, -0.05) is 164 Å². The molecule has 1 aliphatic rings. The summed E-state index contributed by atoms with van der Waals surface area (Å²) in [5, 5.41) is 2.28. The summed E-state index contributed by atoms with van der Waals surface area (Å²) in [4.78, 5) is 2.36. The number of benzene rings is 9. The number of rotatable bonds is 7. The second kappa shape index (κ2) is 13.7. The molecule has 0 spiro atoms.